The first-order valence-electron chi connectivity index (χ1n) is 20.6. The maximum atomic E-state index is 15.4. The van der Waals surface area contributed by atoms with E-state index in [-0.39, 0.29) is 5.82 Å². The van der Waals surface area contributed by atoms with Gasteiger partial charge in [0.05, 0.1) is 0 Å². The summed E-state index contributed by atoms with van der Waals surface area (Å²) in [6, 6.07) is 14.2. The van der Waals surface area contributed by atoms with Crippen molar-refractivity contribution in [1.29, 1.82) is 0 Å². The van der Waals surface area contributed by atoms with Crippen LogP contribution in [0.2, 0.25) is 0 Å². The van der Waals surface area contributed by atoms with Crippen LogP contribution in [0.25, 0.3) is 17.3 Å². The van der Waals surface area contributed by atoms with Gasteiger partial charge in [0.25, 0.3) is 0 Å². The average Bonchev–Trinajstić information content (AvgIpc) is 3.20. The van der Waals surface area contributed by atoms with Crippen LogP contribution in [0.1, 0.15) is 92.2 Å². The van der Waals surface area contributed by atoms with Crippen molar-refractivity contribution < 1.29 is 4.39 Å². The van der Waals surface area contributed by atoms with E-state index in [4.69, 9.17) is 0 Å². The molecule has 1 aromatic heterocycles. The van der Waals surface area contributed by atoms with Crippen LogP contribution in [0, 0.1) is 17.7 Å². The summed E-state index contributed by atoms with van der Waals surface area (Å²) in [5.74, 6) is 1.35. The molecule has 294 valence electrons. The van der Waals surface area contributed by atoms with Crippen molar-refractivity contribution in [1.82, 2.24) is 25.0 Å². The maximum absolute atomic E-state index is 15.4. The molecule has 0 aliphatic carbocycles. The van der Waals surface area contributed by atoms with Crippen molar-refractivity contribution in [2.24, 2.45) is 11.8 Å². The number of fused-ring (bicyclic) bond motifs is 1. The Kier molecular flexibility index (Phi) is 15.9. The summed E-state index contributed by atoms with van der Waals surface area (Å²) < 4.78 is 15.4. The van der Waals surface area contributed by atoms with E-state index in [0.717, 1.165) is 115 Å². The number of aromatic nitrogens is 1. The highest BCUT2D eigenvalue weighted by atomic mass is 19.1. The Bertz CT molecular complexity index is 1780. The van der Waals surface area contributed by atoms with Crippen LogP contribution in [0.5, 0.6) is 0 Å². The highest BCUT2D eigenvalue weighted by Crippen LogP contribution is 2.37. The first kappa shape index (κ1) is 41.7. The molecule has 4 heterocycles. The number of anilines is 1. The van der Waals surface area contributed by atoms with E-state index in [1.807, 2.05) is 30.6 Å². The van der Waals surface area contributed by atoms with Gasteiger partial charge in [-0.15, -0.1) is 0 Å². The second-order valence-corrected chi connectivity index (χ2v) is 15.6. The zero-order valence-electron chi connectivity index (χ0n) is 33.9. The molecule has 0 bridgehead atoms. The highest BCUT2D eigenvalue weighted by molar-refractivity contribution is 5.89. The number of aryl methyl sites for hydroxylation is 1. The van der Waals surface area contributed by atoms with E-state index >= 15 is 4.39 Å². The van der Waals surface area contributed by atoms with Gasteiger partial charge in [0.15, 0.2) is 0 Å². The van der Waals surface area contributed by atoms with Crippen molar-refractivity contribution in [3.8, 4) is 0 Å². The molecule has 6 rings (SSSR count). The lowest BCUT2D eigenvalue weighted by molar-refractivity contribution is 0.126. The number of unbranched alkanes of at least 4 members (excludes halogenated alkanes) is 1. The zero-order chi connectivity index (χ0) is 39.2. The predicted molar refractivity (Wildman–Crippen MR) is 233 cm³/mol. The molecule has 3 aromatic rings. The number of nitrogens with zero attached hydrogens (tertiary/aromatic N) is 4. The number of halogens is 1. The van der Waals surface area contributed by atoms with Crippen LogP contribution >= 0.6 is 0 Å². The topological polar surface area (TPSA) is 46.7 Å². The summed E-state index contributed by atoms with van der Waals surface area (Å²) in [6.07, 6.45) is 19.3. The van der Waals surface area contributed by atoms with E-state index in [1.165, 1.54) is 50.9 Å². The van der Waals surface area contributed by atoms with Gasteiger partial charge in [0.2, 0.25) is 0 Å². The van der Waals surface area contributed by atoms with Gasteiger partial charge in [-0.2, -0.15) is 0 Å². The van der Waals surface area contributed by atoms with Crippen LogP contribution in [0.15, 0.2) is 99.3 Å². The SMILES string of the molecule is C=C1c2cnccc2C(c2ccc(CC3CCN(CC4CCN(C)CC4)CC3)c(F)c2)=CN1CCCC.C=CNCCC(=C)Nc1cc(C=C)ccc1CC. The summed E-state index contributed by atoms with van der Waals surface area (Å²) in [6.45, 7) is 27.9. The molecule has 3 aliphatic heterocycles. The summed E-state index contributed by atoms with van der Waals surface area (Å²) >= 11 is 0. The molecule has 0 atom stereocenters. The number of nitrogens with one attached hydrogen (secondary N) is 2. The molecule has 0 spiro atoms. The molecule has 2 N–H and O–H groups in total. The number of rotatable bonds is 16. The van der Waals surface area contributed by atoms with Crippen LogP contribution in [-0.4, -0.2) is 72.5 Å². The van der Waals surface area contributed by atoms with Gasteiger partial charge in [0.1, 0.15) is 5.82 Å². The molecule has 2 aromatic carbocycles. The number of likely N-dealkylation sites (tertiary alicyclic amines) is 2. The first-order valence-corrected chi connectivity index (χ1v) is 20.6. The van der Waals surface area contributed by atoms with Crippen LogP contribution in [0.3, 0.4) is 0 Å². The van der Waals surface area contributed by atoms with Gasteiger partial charge in [-0.05, 0) is 142 Å². The highest BCUT2D eigenvalue weighted by Gasteiger charge is 2.26. The molecular formula is C48H65FN6. The molecule has 55 heavy (non-hydrogen) atoms. The van der Waals surface area contributed by atoms with Crippen molar-refractivity contribution in [3.63, 3.8) is 0 Å². The number of piperidine rings is 2. The fraction of sp³-hybridized carbons (Fsp3) is 0.438. The van der Waals surface area contributed by atoms with Gasteiger partial charge < -0.3 is 25.3 Å². The summed E-state index contributed by atoms with van der Waals surface area (Å²) in [5.41, 5.74) is 10.5. The second kappa shape index (κ2) is 21.0. The van der Waals surface area contributed by atoms with Crippen molar-refractivity contribution in [2.75, 3.05) is 58.2 Å². The van der Waals surface area contributed by atoms with E-state index in [1.54, 1.807) is 12.3 Å². The summed E-state index contributed by atoms with van der Waals surface area (Å²) in [4.78, 5) is 11.6. The molecule has 6 nitrogen and oxygen atoms in total. The van der Waals surface area contributed by atoms with E-state index in [9.17, 15) is 0 Å². The van der Waals surface area contributed by atoms with Crippen LogP contribution < -0.4 is 10.6 Å². The molecule has 2 saturated heterocycles. The first-order chi connectivity index (χ1) is 26.7. The van der Waals surface area contributed by atoms with E-state index in [0.29, 0.717) is 5.92 Å². The minimum absolute atomic E-state index is 0.0766. The zero-order valence-corrected chi connectivity index (χ0v) is 33.9. The predicted octanol–water partition coefficient (Wildman–Crippen LogP) is 10.2. The third-order valence-electron chi connectivity index (χ3n) is 11.5. The standard InChI is InChI=1S/C32H43FN4.C16H22N2/c1-4-5-14-37-23-31(29-8-13-34-21-30(29)24(37)2)27-6-7-28(32(33)20-27)19-25-11-17-36(18-12-25)22-26-9-15-35(3)16-10-26;1-5-14-8-9-15(6-2)16(12-14)18-13(4)10-11-17-7-3/h6-8,13,20-21,23,25-26H,2,4-5,9-12,14-19,22H2,1,3H3;5,7-9,12,17-18H,1,3-4,6,10-11H2,2H3. The van der Waals surface area contributed by atoms with Gasteiger partial charge in [0, 0.05) is 72.9 Å². The third kappa shape index (κ3) is 11.8. The van der Waals surface area contributed by atoms with E-state index < -0.39 is 0 Å². The molecule has 0 radical (unpaired) electrons. The Morgan fingerprint density at radius 3 is 2.38 bits per heavy atom. The van der Waals surface area contributed by atoms with Crippen LogP contribution in [-0.2, 0) is 12.8 Å². The Hall–Kier alpha value is -4.46. The maximum Gasteiger partial charge on any atom is 0.127 e. The molecular weight excluding hydrogens is 680 g/mol. The normalized spacial score (nSPS) is 16.8. The van der Waals surface area contributed by atoms with Crippen molar-refractivity contribution in [3.05, 3.63) is 138 Å². The molecule has 0 unspecified atom stereocenters. The van der Waals surface area contributed by atoms with Crippen LogP contribution in [0.4, 0.5) is 10.1 Å². The Morgan fingerprint density at radius 1 is 0.945 bits per heavy atom. The van der Waals surface area contributed by atoms with Crippen molar-refractivity contribution >= 4 is 23.0 Å². The number of hydrogen-bond donors (Lipinski definition) is 2. The number of benzene rings is 2. The van der Waals surface area contributed by atoms with Gasteiger partial charge >= 0.3 is 0 Å². The summed E-state index contributed by atoms with van der Waals surface area (Å²) in [5, 5.41) is 6.44. The van der Waals surface area contributed by atoms with Crippen molar-refractivity contribution in [2.45, 2.75) is 71.6 Å². The second-order valence-electron chi connectivity index (χ2n) is 15.6. The van der Waals surface area contributed by atoms with Gasteiger partial charge in [-0.3, -0.25) is 4.98 Å². The Balaban J connectivity index is 0.000000272. The molecule has 7 heteroatoms. The fourth-order valence-electron chi connectivity index (χ4n) is 7.97. The lowest BCUT2D eigenvalue weighted by Crippen LogP contribution is -2.40. The summed E-state index contributed by atoms with van der Waals surface area (Å²) in [7, 11) is 2.23. The fourth-order valence-corrected chi connectivity index (χ4v) is 7.97. The third-order valence-corrected chi connectivity index (χ3v) is 11.5. The Labute approximate surface area is 331 Å². The Morgan fingerprint density at radius 2 is 1.69 bits per heavy atom. The van der Waals surface area contributed by atoms with E-state index in [2.05, 4.69) is 108 Å². The minimum atomic E-state index is -0.0766. The molecule has 0 saturated carbocycles. The van der Waals surface area contributed by atoms with Gasteiger partial charge in [-0.1, -0.05) is 76.9 Å². The lowest BCUT2D eigenvalue weighted by Gasteiger charge is -2.37. The smallest absolute Gasteiger partial charge is 0.127 e. The monoisotopic (exact) mass is 745 g/mol. The number of pyridine rings is 1. The molecule has 3 aliphatic rings. The molecule has 0 amide bonds. The largest absolute Gasteiger partial charge is 0.391 e. The average molecular weight is 745 g/mol. The van der Waals surface area contributed by atoms with Gasteiger partial charge in [-0.25, -0.2) is 4.39 Å². The molecule has 2 fully saturated rings. The quantitative estimate of drug-likeness (QED) is 0.143. The minimum Gasteiger partial charge on any atom is -0.391 e. The lowest BCUT2D eigenvalue weighted by atomic mass is 9.87. The number of hydrogen-bond acceptors (Lipinski definition) is 6.